The van der Waals surface area contributed by atoms with Gasteiger partial charge in [-0.05, 0) is 23.3 Å². The van der Waals surface area contributed by atoms with Crippen LogP contribution in [0.2, 0.25) is 0 Å². The van der Waals surface area contributed by atoms with E-state index in [0.717, 1.165) is 22.0 Å². The minimum Gasteiger partial charge on any atom is -0.320 e. The van der Waals surface area contributed by atoms with Crippen molar-refractivity contribution < 1.29 is 0 Å². The third-order valence-corrected chi connectivity index (χ3v) is 3.13. The van der Waals surface area contributed by atoms with Crippen LogP contribution in [0.3, 0.4) is 0 Å². The topological polar surface area (TPSA) is 38.9 Å². The summed E-state index contributed by atoms with van der Waals surface area (Å²) < 4.78 is 0. The van der Waals surface area contributed by atoms with Crippen LogP contribution in [-0.2, 0) is 0 Å². The maximum Gasteiger partial charge on any atom is 0.0702 e. The van der Waals surface area contributed by atoms with Crippen LogP contribution >= 0.6 is 0 Å². The molecule has 1 heterocycles. The van der Waals surface area contributed by atoms with Gasteiger partial charge in [-0.3, -0.25) is 4.98 Å². The fourth-order valence-corrected chi connectivity index (χ4v) is 2.11. The Bertz CT molecular complexity index is 662. The Morgan fingerprint density at radius 3 is 2.39 bits per heavy atom. The van der Waals surface area contributed by atoms with Crippen LogP contribution in [0, 0.1) is 0 Å². The second kappa shape index (κ2) is 4.59. The van der Waals surface area contributed by atoms with E-state index in [-0.39, 0.29) is 6.04 Å². The van der Waals surface area contributed by atoms with Crippen molar-refractivity contribution in [3.8, 4) is 0 Å². The smallest absolute Gasteiger partial charge is 0.0702 e. The molecule has 2 N–H and O–H groups in total. The first-order chi connectivity index (χ1) is 8.84. The molecule has 1 aromatic heterocycles. The number of hydrogen-bond acceptors (Lipinski definition) is 2. The van der Waals surface area contributed by atoms with Crippen molar-refractivity contribution in [3.05, 3.63) is 78.0 Å². The molecule has 3 aromatic rings. The highest BCUT2D eigenvalue weighted by atomic mass is 14.7. The Balaban J connectivity index is 2.04. The number of hydrogen-bond donors (Lipinski definition) is 1. The number of nitrogens with two attached hydrogens (primary N) is 1. The van der Waals surface area contributed by atoms with Crippen molar-refractivity contribution in [1.29, 1.82) is 0 Å². The second-order valence-corrected chi connectivity index (χ2v) is 4.35. The Kier molecular flexibility index (Phi) is 2.79. The molecule has 88 valence electrons. The summed E-state index contributed by atoms with van der Waals surface area (Å²) >= 11 is 0. The molecule has 3 rings (SSSR count). The van der Waals surface area contributed by atoms with Crippen molar-refractivity contribution in [2.45, 2.75) is 6.04 Å². The van der Waals surface area contributed by atoms with E-state index in [1.807, 2.05) is 54.7 Å². The predicted molar refractivity (Wildman–Crippen MR) is 74.2 cm³/mol. The van der Waals surface area contributed by atoms with E-state index in [9.17, 15) is 0 Å². The maximum absolute atomic E-state index is 6.27. The van der Waals surface area contributed by atoms with E-state index in [2.05, 4.69) is 17.1 Å². The summed E-state index contributed by atoms with van der Waals surface area (Å²) in [6.07, 6.45) is 1.86. The van der Waals surface area contributed by atoms with Crippen molar-refractivity contribution in [2.75, 3.05) is 0 Å². The summed E-state index contributed by atoms with van der Waals surface area (Å²) in [4.78, 5) is 4.45. The summed E-state index contributed by atoms with van der Waals surface area (Å²) in [6, 6.07) is 20.1. The molecule has 0 aliphatic carbocycles. The lowest BCUT2D eigenvalue weighted by Gasteiger charge is -2.12. The highest BCUT2D eigenvalue weighted by Gasteiger charge is 2.09. The Hall–Kier alpha value is -2.19. The summed E-state index contributed by atoms with van der Waals surface area (Å²) in [5.74, 6) is 0. The molecule has 1 atom stereocenters. The normalized spacial score (nSPS) is 12.5. The molecule has 1 unspecified atom stereocenters. The molecule has 18 heavy (non-hydrogen) atoms. The first-order valence-electron chi connectivity index (χ1n) is 6.00. The summed E-state index contributed by atoms with van der Waals surface area (Å²) in [6.45, 7) is 0. The quantitative estimate of drug-likeness (QED) is 0.739. The molecule has 0 amide bonds. The molecule has 2 heteroatoms. The molecule has 0 fully saturated rings. The van der Waals surface area contributed by atoms with Crippen LogP contribution in [0.1, 0.15) is 17.2 Å². The van der Waals surface area contributed by atoms with E-state index < -0.39 is 0 Å². The number of pyridine rings is 1. The van der Waals surface area contributed by atoms with Gasteiger partial charge in [0.15, 0.2) is 0 Å². The molecule has 0 saturated heterocycles. The lowest BCUT2D eigenvalue weighted by molar-refractivity contribution is 0.867. The van der Waals surface area contributed by atoms with Gasteiger partial charge in [-0.2, -0.15) is 0 Å². The zero-order chi connectivity index (χ0) is 12.4. The molecule has 0 bridgehead atoms. The molecule has 0 spiro atoms. The largest absolute Gasteiger partial charge is 0.320 e. The van der Waals surface area contributed by atoms with Gasteiger partial charge < -0.3 is 5.73 Å². The van der Waals surface area contributed by atoms with Crippen molar-refractivity contribution in [1.82, 2.24) is 4.98 Å². The predicted octanol–water partition coefficient (Wildman–Crippen LogP) is 3.28. The fraction of sp³-hybridized carbons (Fsp3) is 0.0625. The molecular weight excluding hydrogens is 220 g/mol. The van der Waals surface area contributed by atoms with Gasteiger partial charge in [0.1, 0.15) is 0 Å². The molecule has 0 radical (unpaired) electrons. The summed E-state index contributed by atoms with van der Waals surface area (Å²) in [5.41, 5.74) is 9.42. The lowest BCUT2D eigenvalue weighted by atomic mass is 10.00. The molecule has 0 saturated carbocycles. The number of rotatable bonds is 2. The Labute approximate surface area is 106 Å². The first kappa shape index (κ1) is 10.9. The zero-order valence-corrected chi connectivity index (χ0v) is 9.95. The average Bonchev–Trinajstić information content (AvgIpc) is 2.47. The Morgan fingerprint density at radius 1 is 0.833 bits per heavy atom. The molecule has 0 aliphatic rings. The van der Waals surface area contributed by atoms with Crippen LogP contribution in [0.25, 0.3) is 10.9 Å². The van der Waals surface area contributed by atoms with E-state index in [4.69, 9.17) is 5.73 Å². The van der Waals surface area contributed by atoms with Gasteiger partial charge in [0.25, 0.3) is 0 Å². The van der Waals surface area contributed by atoms with E-state index in [1.165, 1.54) is 0 Å². The van der Waals surface area contributed by atoms with E-state index >= 15 is 0 Å². The van der Waals surface area contributed by atoms with Gasteiger partial charge in [0.05, 0.1) is 11.6 Å². The van der Waals surface area contributed by atoms with Crippen LogP contribution in [0.5, 0.6) is 0 Å². The summed E-state index contributed by atoms with van der Waals surface area (Å²) in [7, 11) is 0. The number of fused-ring (bicyclic) bond motifs is 1. The van der Waals surface area contributed by atoms with E-state index in [0.29, 0.717) is 0 Å². The van der Waals surface area contributed by atoms with Gasteiger partial charge in [0, 0.05) is 11.6 Å². The van der Waals surface area contributed by atoms with Gasteiger partial charge in [-0.1, -0.05) is 48.5 Å². The number of aromatic nitrogens is 1. The second-order valence-electron chi connectivity index (χ2n) is 4.35. The van der Waals surface area contributed by atoms with Crippen molar-refractivity contribution >= 4 is 10.9 Å². The van der Waals surface area contributed by atoms with Gasteiger partial charge >= 0.3 is 0 Å². The third-order valence-electron chi connectivity index (χ3n) is 3.13. The molecule has 0 aliphatic heterocycles. The van der Waals surface area contributed by atoms with Crippen molar-refractivity contribution in [3.63, 3.8) is 0 Å². The highest BCUT2D eigenvalue weighted by Crippen LogP contribution is 2.21. The van der Waals surface area contributed by atoms with Gasteiger partial charge in [-0.15, -0.1) is 0 Å². The van der Waals surface area contributed by atoms with Crippen molar-refractivity contribution in [2.24, 2.45) is 5.73 Å². The van der Waals surface area contributed by atoms with Crippen LogP contribution in [0.4, 0.5) is 0 Å². The minimum absolute atomic E-state index is 0.122. The monoisotopic (exact) mass is 234 g/mol. The van der Waals surface area contributed by atoms with Crippen LogP contribution < -0.4 is 5.73 Å². The standard InChI is InChI=1S/C16H14N2/c17-16(12-6-2-1-3-7-12)14-10-13-8-4-5-9-15(13)18-11-14/h1-11,16H,17H2. The van der Waals surface area contributed by atoms with Gasteiger partial charge in [-0.25, -0.2) is 0 Å². The van der Waals surface area contributed by atoms with Crippen LogP contribution in [0.15, 0.2) is 66.9 Å². The zero-order valence-electron chi connectivity index (χ0n) is 9.95. The summed E-state index contributed by atoms with van der Waals surface area (Å²) in [5, 5.41) is 1.13. The SMILES string of the molecule is NC(c1ccccc1)c1cnc2ccccc2c1. The molecule has 2 nitrogen and oxygen atoms in total. The average molecular weight is 234 g/mol. The molecular formula is C16H14N2. The highest BCUT2D eigenvalue weighted by molar-refractivity contribution is 5.78. The van der Waals surface area contributed by atoms with Crippen LogP contribution in [-0.4, -0.2) is 4.98 Å². The number of benzene rings is 2. The minimum atomic E-state index is -0.122. The number of para-hydroxylation sites is 1. The number of nitrogens with zero attached hydrogens (tertiary/aromatic N) is 1. The maximum atomic E-state index is 6.27. The first-order valence-corrected chi connectivity index (χ1v) is 6.00. The molecule has 2 aromatic carbocycles. The Morgan fingerprint density at radius 2 is 1.56 bits per heavy atom. The fourth-order valence-electron chi connectivity index (χ4n) is 2.11. The lowest BCUT2D eigenvalue weighted by Crippen LogP contribution is -2.11. The van der Waals surface area contributed by atoms with E-state index in [1.54, 1.807) is 0 Å². The van der Waals surface area contributed by atoms with Gasteiger partial charge in [0.2, 0.25) is 0 Å². The third kappa shape index (κ3) is 1.98.